The van der Waals surface area contributed by atoms with Crippen LogP contribution >= 0.6 is 15.9 Å². The van der Waals surface area contributed by atoms with Gasteiger partial charge in [0.05, 0.1) is 12.8 Å². The lowest BCUT2D eigenvalue weighted by atomic mass is 10.1. The molecule has 1 atom stereocenters. The second-order valence-electron chi connectivity index (χ2n) is 5.75. The van der Waals surface area contributed by atoms with E-state index in [1.807, 2.05) is 12.1 Å². The first-order chi connectivity index (χ1) is 9.60. The molecule has 1 aromatic carbocycles. The molecule has 1 N–H and O–H groups in total. The molecule has 0 radical (unpaired) electrons. The minimum atomic E-state index is 0.530. The van der Waals surface area contributed by atoms with Crippen LogP contribution in [-0.4, -0.2) is 37.2 Å². The zero-order chi connectivity index (χ0) is 14.5. The Morgan fingerprint density at radius 1 is 1.30 bits per heavy atom. The van der Waals surface area contributed by atoms with E-state index >= 15 is 0 Å². The second kappa shape index (κ2) is 7.32. The smallest absolute Gasteiger partial charge is 0.142 e. The monoisotopic (exact) mass is 340 g/mol. The van der Waals surface area contributed by atoms with Gasteiger partial charge in [0.25, 0.3) is 0 Å². The third kappa shape index (κ3) is 4.13. The number of nitrogens with zero attached hydrogens (tertiary/aromatic N) is 1. The van der Waals surface area contributed by atoms with Gasteiger partial charge in [0.1, 0.15) is 5.75 Å². The number of hydrogen-bond acceptors (Lipinski definition) is 3. The number of hydrogen-bond donors (Lipinski definition) is 1. The first-order valence-electron chi connectivity index (χ1n) is 7.44. The number of ether oxygens (including phenoxy) is 1. The predicted molar refractivity (Wildman–Crippen MR) is 88.7 cm³/mol. The fraction of sp³-hybridized carbons (Fsp3) is 0.625. The lowest BCUT2D eigenvalue weighted by Crippen LogP contribution is -2.32. The standard InChI is InChI=1S/C16H25BrN2O/c1-12(2)19-9-4-5-14(8-10-19)18-15-11-13(17)6-7-16(15)20-3/h6-7,11-12,14,18H,4-5,8-10H2,1-3H3. The summed E-state index contributed by atoms with van der Waals surface area (Å²) in [4.78, 5) is 2.57. The van der Waals surface area contributed by atoms with Crippen LogP contribution in [-0.2, 0) is 0 Å². The number of rotatable bonds is 4. The van der Waals surface area contributed by atoms with Gasteiger partial charge < -0.3 is 15.0 Å². The van der Waals surface area contributed by atoms with Crippen LogP contribution in [0, 0.1) is 0 Å². The van der Waals surface area contributed by atoms with E-state index in [9.17, 15) is 0 Å². The maximum Gasteiger partial charge on any atom is 0.142 e. The number of anilines is 1. The Morgan fingerprint density at radius 3 is 2.80 bits per heavy atom. The van der Waals surface area contributed by atoms with Crippen LogP contribution in [0.25, 0.3) is 0 Å². The van der Waals surface area contributed by atoms with Crippen molar-refractivity contribution in [3.05, 3.63) is 22.7 Å². The van der Waals surface area contributed by atoms with E-state index in [0.29, 0.717) is 12.1 Å². The number of benzene rings is 1. The van der Waals surface area contributed by atoms with Gasteiger partial charge in [0, 0.05) is 23.1 Å². The van der Waals surface area contributed by atoms with Crippen molar-refractivity contribution in [3.63, 3.8) is 0 Å². The average Bonchev–Trinajstić information content (AvgIpc) is 2.65. The van der Waals surface area contributed by atoms with Gasteiger partial charge in [-0.1, -0.05) is 15.9 Å². The summed E-state index contributed by atoms with van der Waals surface area (Å²) in [7, 11) is 1.72. The molecule has 0 spiro atoms. The van der Waals surface area contributed by atoms with Crippen molar-refractivity contribution >= 4 is 21.6 Å². The van der Waals surface area contributed by atoms with Crippen molar-refractivity contribution < 1.29 is 4.74 Å². The van der Waals surface area contributed by atoms with Crippen LogP contribution in [0.4, 0.5) is 5.69 Å². The molecule has 4 heteroatoms. The summed E-state index contributed by atoms with van der Waals surface area (Å²) < 4.78 is 6.52. The van der Waals surface area contributed by atoms with Crippen LogP contribution in [0.5, 0.6) is 5.75 Å². The van der Waals surface area contributed by atoms with Crippen molar-refractivity contribution in [2.45, 2.75) is 45.2 Å². The highest BCUT2D eigenvalue weighted by molar-refractivity contribution is 9.10. The van der Waals surface area contributed by atoms with Crippen molar-refractivity contribution in [2.24, 2.45) is 0 Å². The lowest BCUT2D eigenvalue weighted by molar-refractivity contribution is 0.230. The molecule has 0 saturated carbocycles. The van der Waals surface area contributed by atoms with Gasteiger partial charge in [0.15, 0.2) is 0 Å². The summed E-state index contributed by atoms with van der Waals surface area (Å²) in [6.07, 6.45) is 3.67. The molecular formula is C16H25BrN2O. The van der Waals surface area contributed by atoms with E-state index in [2.05, 4.69) is 46.1 Å². The van der Waals surface area contributed by atoms with E-state index < -0.39 is 0 Å². The summed E-state index contributed by atoms with van der Waals surface area (Å²) in [5.74, 6) is 0.915. The third-order valence-corrected chi connectivity index (χ3v) is 4.51. The Hall–Kier alpha value is -0.740. The molecule has 1 unspecified atom stereocenters. The van der Waals surface area contributed by atoms with Gasteiger partial charge in [-0.2, -0.15) is 0 Å². The fourth-order valence-corrected chi connectivity index (χ4v) is 3.15. The fourth-order valence-electron chi connectivity index (χ4n) is 2.79. The van der Waals surface area contributed by atoms with Crippen molar-refractivity contribution in [2.75, 3.05) is 25.5 Å². The molecule has 1 heterocycles. The van der Waals surface area contributed by atoms with Gasteiger partial charge in [0.2, 0.25) is 0 Å². The zero-order valence-electron chi connectivity index (χ0n) is 12.7. The van der Waals surface area contributed by atoms with Crippen molar-refractivity contribution in [3.8, 4) is 5.75 Å². The van der Waals surface area contributed by atoms with E-state index in [4.69, 9.17) is 4.74 Å². The van der Waals surface area contributed by atoms with Crippen molar-refractivity contribution in [1.82, 2.24) is 4.90 Å². The average molecular weight is 341 g/mol. The van der Waals surface area contributed by atoms with Gasteiger partial charge in [-0.05, 0) is 57.9 Å². The van der Waals surface area contributed by atoms with Gasteiger partial charge >= 0.3 is 0 Å². The minimum Gasteiger partial charge on any atom is -0.495 e. The molecule has 0 aromatic heterocycles. The minimum absolute atomic E-state index is 0.530. The van der Waals surface area contributed by atoms with E-state index in [1.54, 1.807) is 7.11 Å². The largest absolute Gasteiger partial charge is 0.495 e. The zero-order valence-corrected chi connectivity index (χ0v) is 14.2. The Bertz CT molecular complexity index is 436. The number of likely N-dealkylation sites (tertiary alicyclic amines) is 1. The normalized spacial score (nSPS) is 20.8. The highest BCUT2D eigenvalue weighted by atomic mass is 79.9. The molecule has 0 aliphatic carbocycles. The molecule has 20 heavy (non-hydrogen) atoms. The Morgan fingerprint density at radius 2 is 2.10 bits per heavy atom. The highest BCUT2D eigenvalue weighted by Gasteiger charge is 2.19. The molecular weight excluding hydrogens is 316 g/mol. The summed E-state index contributed by atoms with van der Waals surface area (Å²) in [6, 6.07) is 7.29. The van der Waals surface area contributed by atoms with Crippen LogP contribution < -0.4 is 10.1 Å². The molecule has 112 valence electrons. The first kappa shape index (κ1) is 15.6. The Labute approximate surface area is 130 Å². The summed E-state index contributed by atoms with van der Waals surface area (Å²) >= 11 is 3.53. The maximum absolute atomic E-state index is 5.44. The van der Waals surface area contributed by atoms with Crippen molar-refractivity contribution in [1.29, 1.82) is 0 Å². The maximum atomic E-state index is 5.44. The molecule has 3 nitrogen and oxygen atoms in total. The molecule has 0 bridgehead atoms. The van der Waals surface area contributed by atoms with Gasteiger partial charge in [-0.3, -0.25) is 0 Å². The summed E-state index contributed by atoms with van der Waals surface area (Å²) in [5, 5.41) is 3.66. The van der Waals surface area contributed by atoms with E-state index in [1.165, 1.54) is 32.4 Å². The number of nitrogens with one attached hydrogen (secondary N) is 1. The van der Waals surface area contributed by atoms with Gasteiger partial charge in [-0.25, -0.2) is 0 Å². The predicted octanol–water partition coefficient (Wildman–Crippen LogP) is 4.13. The topological polar surface area (TPSA) is 24.5 Å². The third-order valence-electron chi connectivity index (χ3n) is 4.01. The number of methoxy groups -OCH3 is 1. The summed E-state index contributed by atoms with van der Waals surface area (Å²) in [5.41, 5.74) is 1.09. The molecule has 1 aromatic rings. The van der Waals surface area contributed by atoms with Crippen LogP contribution in [0.3, 0.4) is 0 Å². The quantitative estimate of drug-likeness (QED) is 0.891. The molecule has 1 fully saturated rings. The SMILES string of the molecule is COc1ccc(Br)cc1NC1CCCN(C(C)C)CC1. The van der Waals surface area contributed by atoms with E-state index in [-0.39, 0.29) is 0 Å². The molecule has 2 rings (SSSR count). The van der Waals surface area contributed by atoms with Gasteiger partial charge in [-0.15, -0.1) is 0 Å². The van der Waals surface area contributed by atoms with E-state index in [0.717, 1.165) is 15.9 Å². The molecule has 0 amide bonds. The number of halogens is 1. The highest BCUT2D eigenvalue weighted by Crippen LogP contribution is 2.30. The second-order valence-corrected chi connectivity index (χ2v) is 6.66. The molecule has 1 saturated heterocycles. The Kier molecular flexibility index (Phi) is 5.73. The molecule has 1 aliphatic rings. The van der Waals surface area contributed by atoms with Crippen LogP contribution in [0.2, 0.25) is 0 Å². The lowest BCUT2D eigenvalue weighted by Gasteiger charge is -2.24. The van der Waals surface area contributed by atoms with Crippen LogP contribution in [0.15, 0.2) is 22.7 Å². The molecule has 1 aliphatic heterocycles. The van der Waals surface area contributed by atoms with Crippen LogP contribution in [0.1, 0.15) is 33.1 Å². The first-order valence-corrected chi connectivity index (χ1v) is 8.23. The summed E-state index contributed by atoms with van der Waals surface area (Å²) in [6.45, 7) is 6.95. The Balaban J connectivity index is 2.01.